The molecule has 2 heterocycles. The molecule has 1 N–H and O–H groups in total. The summed E-state index contributed by atoms with van der Waals surface area (Å²) in [5.74, 6) is -2.88. The van der Waals surface area contributed by atoms with E-state index in [2.05, 4.69) is 15.2 Å². The number of hydrogen-bond acceptors (Lipinski definition) is 4. The van der Waals surface area contributed by atoms with Gasteiger partial charge in [-0.15, -0.1) is 0 Å². The number of nitrogens with zero attached hydrogens (tertiary/aromatic N) is 3. The lowest BCUT2D eigenvalue weighted by Crippen LogP contribution is -2.20. The minimum Gasteiger partial charge on any atom is -0.371 e. The molecule has 0 unspecified atom stereocenters. The molecule has 29 heavy (non-hydrogen) atoms. The monoisotopic (exact) mass is 416 g/mol. The lowest BCUT2D eigenvalue weighted by molar-refractivity contribution is -0.116. The molecule has 8 heteroatoms. The van der Waals surface area contributed by atoms with Crippen LogP contribution in [-0.2, 0) is 11.3 Å². The lowest BCUT2D eigenvalue weighted by Gasteiger charge is -2.20. The molecule has 0 atom stereocenters. The van der Waals surface area contributed by atoms with E-state index in [-0.39, 0.29) is 17.6 Å². The van der Waals surface area contributed by atoms with Crippen LogP contribution in [0.1, 0.15) is 18.4 Å². The second-order valence-electron chi connectivity index (χ2n) is 7.09. The smallest absolute Gasteiger partial charge is 0.291 e. The fourth-order valence-electron chi connectivity index (χ4n) is 3.77. The van der Waals surface area contributed by atoms with Crippen molar-refractivity contribution in [3.05, 3.63) is 48.0 Å². The van der Waals surface area contributed by atoms with Crippen LogP contribution in [-0.4, -0.2) is 34.3 Å². The minimum absolute atomic E-state index is 0.0809. The van der Waals surface area contributed by atoms with Gasteiger partial charge in [-0.2, -0.15) is 8.78 Å². The van der Waals surface area contributed by atoms with Crippen molar-refractivity contribution in [3.8, 4) is 0 Å². The second kappa shape index (κ2) is 8.41. The molecule has 0 spiro atoms. The number of carbonyl (C=O) groups is 1. The molecule has 152 valence electrons. The molecule has 0 radical (unpaired) electrons. The van der Waals surface area contributed by atoms with Gasteiger partial charge in [-0.3, -0.25) is 4.79 Å². The van der Waals surface area contributed by atoms with Crippen molar-refractivity contribution >= 4 is 40.1 Å². The lowest BCUT2D eigenvalue weighted by atomic mass is 10.1. The molecular formula is C21H22F2N4OS. The van der Waals surface area contributed by atoms with Crippen LogP contribution in [0.3, 0.4) is 0 Å². The van der Waals surface area contributed by atoms with E-state index in [1.54, 1.807) is 24.3 Å². The largest absolute Gasteiger partial charge is 0.371 e. The number of amides is 1. The molecule has 1 saturated heterocycles. The SMILES string of the molecule is Cc1cc(NC(=O)Cn2c(SC(F)F)nc3ccccc32)ccc1N1CCCC1. The highest BCUT2D eigenvalue weighted by molar-refractivity contribution is 7.99. The van der Waals surface area contributed by atoms with Crippen molar-refractivity contribution in [2.24, 2.45) is 0 Å². The van der Waals surface area contributed by atoms with Crippen LogP contribution in [0.2, 0.25) is 0 Å². The number of aromatic nitrogens is 2. The maximum absolute atomic E-state index is 12.9. The summed E-state index contributed by atoms with van der Waals surface area (Å²) in [5, 5.41) is 3.02. The summed E-state index contributed by atoms with van der Waals surface area (Å²) < 4.78 is 27.4. The number of rotatable bonds is 6. The van der Waals surface area contributed by atoms with E-state index in [1.807, 2.05) is 25.1 Å². The third-order valence-electron chi connectivity index (χ3n) is 5.04. The summed E-state index contributed by atoms with van der Waals surface area (Å²) in [6, 6.07) is 13.0. The number of aryl methyl sites for hydroxylation is 1. The van der Waals surface area contributed by atoms with Crippen molar-refractivity contribution in [2.75, 3.05) is 23.3 Å². The number of thioether (sulfide) groups is 1. The molecule has 1 aliphatic heterocycles. The maximum atomic E-state index is 12.9. The van der Waals surface area contributed by atoms with E-state index in [1.165, 1.54) is 23.1 Å². The standard InChI is InChI=1S/C21H22F2N4OS/c1-14-12-15(8-9-17(14)26-10-4-5-11-26)24-19(28)13-27-18-7-3-2-6-16(18)25-21(27)29-20(22)23/h2-3,6-9,12,20H,4-5,10-11,13H2,1H3,(H,24,28). The minimum atomic E-state index is -2.60. The van der Waals surface area contributed by atoms with Gasteiger partial charge in [0.2, 0.25) is 5.91 Å². The number of hydrogen-bond donors (Lipinski definition) is 1. The zero-order chi connectivity index (χ0) is 20.4. The zero-order valence-corrected chi connectivity index (χ0v) is 16.9. The highest BCUT2D eigenvalue weighted by atomic mass is 32.2. The molecule has 2 aromatic carbocycles. The summed E-state index contributed by atoms with van der Waals surface area (Å²) in [5.41, 5.74) is 4.24. The molecule has 0 saturated carbocycles. The zero-order valence-electron chi connectivity index (χ0n) is 16.1. The Balaban J connectivity index is 1.52. The first-order chi connectivity index (χ1) is 14.0. The number of para-hydroxylation sites is 2. The Hall–Kier alpha value is -2.61. The van der Waals surface area contributed by atoms with Gasteiger partial charge >= 0.3 is 0 Å². The van der Waals surface area contributed by atoms with Crippen molar-refractivity contribution in [3.63, 3.8) is 0 Å². The van der Waals surface area contributed by atoms with Gasteiger partial charge < -0.3 is 14.8 Å². The average molecular weight is 416 g/mol. The predicted octanol–water partition coefficient (Wildman–Crippen LogP) is 4.90. The Kier molecular flexibility index (Phi) is 5.71. The van der Waals surface area contributed by atoms with Crippen molar-refractivity contribution in [1.29, 1.82) is 0 Å². The fourth-order valence-corrected chi connectivity index (χ4v) is 4.37. The van der Waals surface area contributed by atoms with Gasteiger partial charge in [0.1, 0.15) is 6.54 Å². The quantitative estimate of drug-likeness (QED) is 0.581. The summed E-state index contributed by atoms with van der Waals surface area (Å²) in [4.78, 5) is 19.2. The Morgan fingerprint density at radius 3 is 2.69 bits per heavy atom. The molecule has 4 rings (SSSR count). The Morgan fingerprint density at radius 1 is 1.21 bits per heavy atom. The van der Waals surface area contributed by atoms with Crippen LogP contribution in [0.5, 0.6) is 0 Å². The maximum Gasteiger partial charge on any atom is 0.291 e. The molecule has 5 nitrogen and oxygen atoms in total. The highest BCUT2D eigenvalue weighted by Crippen LogP contribution is 2.29. The Bertz CT molecular complexity index is 1030. The molecule has 3 aromatic rings. The second-order valence-corrected chi connectivity index (χ2v) is 8.05. The van der Waals surface area contributed by atoms with E-state index in [4.69, 9.17) is 0 Å². The molecule has 1 aromatic heterocycles. The van der Waals surface area contributed by atoms with Gasteiger partial charge in [0.25, 0.3) is 5.76 Å². The number of carbonyl (C=O) groups excluding carboxylic acids is 1. The van der Waals surface area contributed by atoms with Crippen molar-refractivity contribution < 1.29 is 13.6 Å². The first-order valence-electron chi connectivity index (χ1n) is 9.57. The van der Waals surface area contributed by atoms with E-state index in [0.29, 0.717) is 28.5 Å². The van der Waals surface area contributed by atoms with Crippen LogP contribution in [0.4, 0.5) is 20.2 Å². The van der Waals surface area contributed by atoms with Crippen LogP contribution >= 0.6 is 11.8 Å². The summed E-state index contributed by atoms with van der Waals surface area (Å²) in [6.45, 7) is 4.07. The van der Waals surface area contributed by atoms with Gasteiger partial charge in [0, 0.05) is 24.5 Å². The van der Waals surface area contributed by atoms with E-state index >= 15 is 0 Å². The van der Waals surface area contributed by atoms with Gasteiger partial charge in [0.15, 0.2) is 5.16 Å². The van der Waals surface area contributed by atoms with Crippen LogP contribution in [0.25, 0.3) is 11.0 Å². The highest BCUT2D eigenvalue weighted by Gasteiger charge is 2.18. The molecule has 0 aliphatic carbocycles. The summed E-state index contributed by atoms with van der Waals surface area (Å²) in [6.07, 6.45) is 2.41. The number of fused-ring (bicyclic) bond motifs is 1. The molecular weight excluding hydrogens is 394 g/mol. The van der Waals surface area contributed by atoms with Crippen molar-refractivity contribution in [2.45, 2.75) is 37.2 Å². The summed E-state index contributed by atoms with van der Waals surface area (Å²) in [7, 11) is 0. The van der Waals surface area contributed by atoms with Crippen LogP contribution < -0.4 is 10.2 Å². The topological polar surface area (TPSA) is 50.2 Å². The average Bonchev–Trinajstić information content (AvgIpc) is 3.30. The van der Waals surface area contributed by atoms with E-state index in [0.717, 1.165) is 18.7 Å². The molecule has 1 aliphatic rings. The van der Waals surface area contributed by atoms with Gasteiger partial charge in [-0.05, 0) is 67.4 Å². The number of halogens is 2. The number of anilines is 2. The first-order valence-corrected chi connectivity index (χ1v) is 10.4. The third-order valence-corrected chi connectivity index (χ3v) is 5.74. The number of imidazole rings is 1. The predicted molar refractivity (Wildman–Crippen MR) is 113 cm³/mol. The van der Waals surface area contributed by atoms with E-state index in [9.17, 15) is 13.6 Å². The summed E-state index contributed by atoms with van der Waals surface area (Å²) >= 11 is 0.351. The number of nitrogens with one attached hydrogen (secondary N) is 1. The van der Waals surface area contributed by atoms with Crippen molar-refractivity contribution in [1.82, 2.24) is 9.55 Å². The molecule has 0 bridgehead atoms. The van der Waals surface area contributed by atoms with Crippen LogP contribution in [0, 0.1) is 6.92 Å². The molecule has 1 fully saturated rings. The fraction of sp³-hybridized carbons (Fsp3) is 0.333. The van der Waals surface area contributed by atoms with Gasteiger partial charge in [-0.1, -0.05) is 12.1 Å². The van der Waals surface area contributed by atoms with Crippen LogP contribution in [0.15, 0.2) is 47.6 Å². The van der Waals surface area contributed by atoms with Gasteiger partial charge in [0.05, 0.1) is 11.0 Å². The first kappa shape index (κ1) is 19.7. The Labute approximate surface area is 172 Å². The van der Waals surface area contributed by atoms with E-state index < -0.39 is 5.76 Å². The third kappa shape index (κ3) is 4.37. The normalized spacial score (nSPS) is 14.1. The number of benzene rings is 2. The Morgan fingerprint density at radius 2 is 1.97 bits per heavy atom. The molecule has 1 amide bonds. The number of alkyl halides is 2. The van der Waals surface area contributed by atoms with Gasteiger partial charge in [-0.25, -0.2) is 4.98 Å².